The van der Waals surface area contributed by atoms with Crippen LogP contribution < -0.4 is 10.3 Å². The van der Waals surface area contributed by atoms with Gasteiger partial charge in [0.25, 0.3) is 5.56 Å². The number of carbonyl (C=O) groups is 1. The minimum Gasteiger partial charge on any atom is -0.465 e. The summed E-state index contributed by atoms with van der Waals surface area (Å²) in [7, 11) is 1.15. The topological polar surface area (TPSA) is 93.7 Å². The predicted molar refractivity (Wildman–Crippen MR) is 101 cm³/mol. The number of esters is 1. The Morgan fingerprint density at radius 2 is 2.00 bits per heavy atom. The quantitative estimate of drug-likeness (QED) is 0.361. The molecule has 8 heteroatoms. The second kappa shape index (κ2) is 7.85. The molecule has 3 rings (SSSR count). The molecule has 2 aromatic heterocycles. The molecule has 0 N–H and O–H groups in total. The summed E-state index contributed by atoms with van der Waals surface area (Å²) in [6.07, 6.45) is 2.66. The van der Waals surface area contributed by atoms with Crippen LogP contribution in [0.4, 0.5) is 0 Å². The zero-order valence-corrected chi connectivity index (χ0v) is 15.6. The molecule has 0 aliphatic carbocycles. The number of carbonyl (C=O) groups excluding carboxylic acids is 1. The highest BCUT2D eigenvalue weighted by atomic mass is 79.9. The second-order valence-electron chi connectivity index (χ2n) is 5.28. The molecule has 7 nitrogen and oxygen atoms in total. The molecule has 1 aromatic carbocycles. The maximum absolute atomic E-state index is 12.9. The van der Waals surface area contributed by atoms with Crippen molar-refractivity contribution in [1.82, 2.24) is 9.38 Å². The van der Waals surface area contributed by atoms with Gasteiger partial charge >= 0.3 is 5.97 Å². The number of nitriles is 1. The molecule has 0 fully saturated rings. The van der Waals surface area contributed by atoms with Crippen LogP contribution in [0.15, 0.2) is 63.5 Å². The maximum atomic E-state index is 12.9. The van der Waals surface area contributed by atoms with E-state index in [4.69, 9.17) is 4.74 Å². The van der Waals surface area contributed by atoms with Crippen molar-refractivity contribution in [2.45, 2.75) is 0 Å². The summed E-state index contributed by atoms with van der Waals surface area (Å²) >= 11 is 3.33. The monoisotopic (exact) mass is 425 g/mol. The van der Waals surface area contributed by atoms with Crippen molar-refractivity contribution >= 4 is 33.6 Å². The first kappa shape index (κ1) is 18.4. The van der Waals surface area contributed by atoms with E-state index >= 15 is 0 Å². The molecule has 0 spiro atoms. The first-order chi connectivity index (χ1) is 13.0. The summed E-state index contributed by atoms with van der Waals surface area (Å²) < 4.78 is 12.5. The Balaban J connectivity index is 2.22. The van der Waals surface area contributed by atoms with Gasteiger partial charge in [-0.3, -0.25) is 9.20 Å². The minimum absolute atomic E-state index is 0.0230. The van der Waals surface area contributed by atoms with Crippen molar-refractivity contribution in [2.24, 2.45) is 0 Å². The number of aromatic nitrogens is 2. The second-order valence-corrected chi connectivity index (χ2v) is 6.20. The van der Waals surface area contributed by atoms with E-state index in [1.807, 2.05) is 0 Å². The maximum Gasteiger partial charge on any atom is 0.348 e. The van der Waals surface area contributed by atoms with Gasteiger partial charge in [0, 0.05) is 10.7 Å². The third-order valence-corrected chi connectivity index (χ3v) is 4.11. The highest BCUT2D eigenvalue weighted by Gasteiger charge is 2.17. The minimum atomic E-state index is -0.857. The number of fused-ring (bicyclic) bond motifs is 1. The van der Waals surface area contributed by atoms with Crippen LogP contribution in [0.2, 0.25) is 0 Å². The van der Waals surface area contributed by atoms with Crippen molar-refractivity contribution in [2.75, 3.05) is 7.11 Å². The van der Waals surface area contributed by atoms with Gasteiger partial charge < -0.3 is 9.47 Å². The third kappa shape index (κ3) is 3.88. The number of halogens is 1. The zero-order chi connectivity index (χ0) is 19.4. The molecular formula is C19H12BrN3O4. The Hall–Kier alpha value is -3.44. The van der Waals surface area contributed by atoms with Gasteiger partial charge in [0.2, 0.25) is 5.88 Å². The number of methoxy groups -OCH3 is 1. The lowest BCUT2D eigenvalue weighted by atomic mass is 10.2. The summed E-state index contributed by atoms with van der Waals surface area (Å²) in [4.78, 5) is 29.0. The molecule has 0 bridgehead atoms. The smallest absolute Gasteiger partial charge is 0.348 e. The first-order valence-electron chi connectivity index (χ1n) is 7.68. The van der Waals surface area contributed by atoms with Gasteiger partial charge in [0.05, 0.1) is 7.11 Å². The molecule has 0 amide bonds. The van der Waals surface area contributed by atoms with Crippen LogP contribution in [-0.2, 0) is 9.53 Å². The number of ether oxygens (including phenoxy) is 2. The van der Waals surface area contributed by atoms with Gasteiger partial charge in [-0.2, -0.15) is 10.2 Å². The van der Waals surface area contributed by atoms with E-state index in [0.717, 1.165) is 17.7 Å². The Labute approximate surface area is 162 Å². The number of nitrogens with zero attached hydrogens (tertiary/aromatic N) is 3. The molecule has 27 heavy (non-hydrogen) atoms. The van der Waals surface area contributed by atoms with Crippen molar-refractivity contribution in [3.63, 3.8) is 0 Å². The molecule has 0 unspecified atom stereocenters. The fraction of sp³-hybridized carbons (Fsp3) is 0.0526. The van der Waals surface area contributed by atoms with Gasteiger partial charge in [0.15, 0.2) is 0 Å². The summed E-state index contributed by atoms with van der Waals surface area (Å²) in [5.74, 6) is -0.438. The van der Waals surface area contributed by atoms with E-state index in [0.29, 0.717) is 11.4 Å². The van der Waals surface area contributed by atoms with Crippen LogP contribution in [0.3, 0.4) is 0 Å². The number of hydrogen-bond donors (Lipinski definition) is 0. The van der Waals surface area contributed by atoms with Crippen molar-refractivity contribution in [3.05, 3.63) is 74.6 Å². The Morgan fingerprint density at radius 1 is 1.26 bits per heavy atom. The SMILES string of the molecule is COC(=O)/C(C#N)=C/c1c(Oc2ccc(Br)cc2)nc2ccccn2c1=O. The summed E-state index contributed by atoms with van der Waals surface area (Å²) in [5, 5.41) is 9.21. The van der Waals surface area contributed by atoms with E-state index in [1.165, 1.54) is 10.6 Å². The molecule has 0 saturated heterocycles. The lowest BCUT2D eigenvalue weighted by Crippen LogP contribution is -2.19. The van der Waals surface area contributed by atoms with Crippen molar-refractivity contribution in [1.29, 1.82) is 5.26 Å². The number of rotatable bonds is 4. The van der Waals surface area contributed by atoms with Gasteiger partial charge in [-0.15, -0.1) is 0 Å². The highest BCUT2D eigenvalue weighted by Crippen LogP contribution is 2.25. The number of pyridine rings is 1. The first-order valence-corrected chi connectivity index (χ1v) is 8.47. The number of hydrogen-bond acceptors (Lipinski definition) is 6. The fourth-order valence-corrected chi connectivity index (χ4v) is 2.55. The van der Waals surface area contributed by atoms with Crippen LogP contribution in [-0.4, -0.2) is 22.5 Å². The van der Waals surface area contributed by atoms with E-state index in [9.17, 15) is 14.9 Å². The Morgan fingerprint density at radius 3 is 2.67 bits per heavy atom. The number of benzene rings is 1. The largest absolute Gasteiger partial charge is 0.465 e. The Bertz CT molecular complexity index is 1140. The van der Waals surface area contributed by atoms with E-state index in [-0.39, 0.29) is 17.0 Å². The molecule has 2 heterocycles. The molecule has 0 aliphatic rings. The van der Waals surface area contributed by atoms with Gasteiger partial charge in [0.1, 0.15) is 28.6 Å². The van der Waals surface area contributed by atoms with Crippen molar-refractivity contribution < 1.29 is 14.3 Å². The van der Waals surface area contributed by atoms with E-state index in [1.54, 1.807) is 48.5 Å². The van der Waals surface area contributed by atoms with Crippen molar-refractivity contribution in [3.8, 4) is 17.7 Å². The lowest BCUT2D eigenvalue weighted by Gasteiger charge is -2.10. The summed E-state index contributed by atoms with van der Waals surface area (Å²) in [5.41, 5.74) is -0.496. The van der Waals surface area contributed by atoms with Gasteiger partial charge in [-0.1, -0.05) is 22.0 Å². The van der Waals surface area contributed by atoms with Gasteiger partial charge in [-0.05, 0) is 42.5 Å². The lowest BCUT2D eigenvalue weighted by molar-refractivity contribution is -0.135. The average molecular weight is 426 g/mol. The normalized spacial score (nSPS) is 11.1. The highest BCUT2D eigenvalue weighted by molar-refractivity contribution is 9.10. The van der Waals surface area contributed by atoms with Crippen LogP contribution >= 0.6 is 15.9 Å². The van der Waals surface area contributed by atoms with Crippen LogP contribution in [0.25, 0.3) is 11.7 Å². The molecule has 0 saturated carbocycles. The third-order valence-electron chi connectivity index (χ3n) is 3.58. The standard InChI is InChI=1S/C19H12BrN3O4/c1-26-19(25)12(11-21)10-15-17(27-14-7-5-13(20)6-8-14)22-16-4-2-3-9-23(16)18(15)24/h2-10H,1H3/b12-10+. The predicted octanol–water partition coefficient (Wildman–Crippen LogP) is 3.33. The van der Waals surface area contributed by atoms with Crippen LogP contribution in [0.5, 0.6) is 11.6 Å². The molecule has 0 aliphatic heterocycles. The van der Waals surface area contributed by atoms with E-state index in [2.05, 4.69) is 25.7 Å². The summed E-state index contributed by atoms with van der Waals surface area (Å²) in [6.45, 7) is 0. The molecular weight excluding hydrogens is 414 g/mol. The molecule has 0 atom stereocenters. The molecule has 134 valence electrons. The summed E-state index contributed by atoms with van der Waals surface area (Å²) in [6, 6.07) is 13.7. The fourth-order valence-electron chi connectivity index (χ4n) is 2.29. The Kier molecular flexibility index (Phi) is 5.33. The van der Waals surface area contributed by atoms with Crippen LogP contribution in [0, 0.1) is 11.3 Å². The molecule has 3 aromatic rings. The average Bonchev–Trinajstić information content (AvgIpc) is 2.69. The molecule has 0 radical (unpaired) electrons. The van der Waals surface area contributed by atoms with Crippen LogP contribution in [0.1, 0.15) is 5.56 Å². The van der Waals surface area contributed by atoms with Gasteiger partial charge in [-0.25, -0.2) is 4.79 Å². The van der Waals surface area contributed by atoms with E-state index < -0.39 is 11.5 Å². The zero-order valence-electron chi connectivity index (χ0n) is 14.0.